The van der Waals surface area contributed by atoms with Crippen LogP contribution in [-0.4, -0.2) is 34.5 Å². The average molecular weight is 251 g/mol. The molecule has 1 unspecified atom stereocenters. The number of likely N-dealkylation sites (tertiary alicyclic amines) is 1. The van der Waals surface area contributed by atoms with Gasteiger partial charge in [0.2, 0.25) is 0 Å². The van der Waals surface area contributed by atoms with Crippen molar-refractivity contribution < 1.29 is 19.1 Å². The van der Waals surface area contributed by atoms with E-state index >= 15 is 0 Å². The zero-order chi connectivity index (χ0) is 13.1. The number of hydrogen-bond donors (Lipinski definition) is 1. The third-order valence-corrected chi connectivity index (χ3v) is 3.28. The number of amides is 1. The first-order chi connectivity index (χ1) is 8.58. The summed E-state index contributed by atoms with van der Waals surface area (Å²) < 4.78 is 5.13. The largest absolute Gasteiger partial charge is 0.481 e. The number of hydrogen-bond acceptors (Lipinski definition) is 3. The zero-order valence-corrected chi connectivity index (χ0v) is 10.4. The Morgan fingerprint density at radius 2 is 2.28 bits per heavy atom. The van der Waals surface area contributed by atoms with Gasteiger partial charge in [0.15, 0.2) is 0 Å². The monoisotopic (exact) mass is 251 g/mol. The first kappa shape index (κ1) is 12.7. The van der Waals surface area contributed by atoms with E-state index in [0.29, 0.717) is 17.9 Å². The Balaban J connectivity index is 2.13. The highest BCUT2D eigenvalue weighted by atomic mass is 16.4. The van der Waals surface area contributed by atoms with E-state index in [1.54, 1.807) is 17.9 Å². The van der Waals surface area contributed by atoms with Gasteiger partial charge in [-0.1, -0.05) is 0 Å². The van der Waals surface area contributed by atoms with Gasteiger partial charge in [0.25, 0.3) is 5.91 Å². The third kappa shape index (κ3) is 2.72. The van der Waals surface area contributed by atoms with Crippen molar-refractivity contribution in [2.24, 2.45) is 0 Å². The van der Waals surface area contributed by atoms with Gasteiger partial charge in [-0.2, -0.15) is 0 Å². The van der Waals surface area contributed by atoms with Crippen molar-refractivity contribution in [1.29, 1.82) is 0 Å². The quantitative estimate of drug-likeness (QED) is 0.892. The van der Waals surface area contributed by atoms with Crippen molar-refractivity contribution in [3.63, 3.8) is 0 Å². The molecular formula is C13H17NO4. The highest BCUT2D eigenvalue weighted by Crippen LogP contribution is 2.22. The van der Waals surface area contributed by atoms with Crippen LogP contribution in [0, 0.1) is 6.92 Å². The molecule has 1 fully saturated rings. The summed E-state index contributed by atoms with van der Waals surface area (Å²) in [5, 5.41) is 8.88. The Morgan fingerprint density at radius 1 is 1.50 bits per heavy atom. The molecule has 18 heavy (non-hydrogen) atoms. The van der Waals surface area contributed by atoms with Gasteiger partial charge >= 0.3 is 5.97 Å². The molecule has 98 valence electrons. The summed E-state index contributed by atoms with van der Waals surface area (Å²) in [6.07, 6.45) is 4.12. The van der Waals surface area contributed by atoms with Gasteiger partial charge in [0.1, 0.15) is 12.0 Å². The van der Waals surface area contributed by atoms with Gasteiger partial charge in [0.05, 0.1) is 12.0 Å². The smallest absolute Gasteiger partial charge is 0.305 e. The number of nitrogens with zero attached hydrogens (tertiary/aromatic N) is 1. The van der Waals surface area contributed by atoms with E-state index in [-0.39, 0.29) is 18.4 Å². The number of carbonyl (C=O) groups is 2. The van der Waals surface area contributed by atoms with Gasteiger partial charge in [0, 0.05) is 12.6 Å². The van der Waals surface area contributed by atoms with Crippen molar-refractivity contribution in [3.05, 3.63) is 23.7 Å². The number of carboxylic acids is 1. The maximum Gasteiger partial charge on any atom is 0.305 e. The van der Waals surface area contributed by atoms with Crippen LogP contribution in [0.3, 0.4) is 0 Å². The van der Waals surface area contributed by atoms with Crippen molar-refractivity contribution in [1.82, 2.24) is 4.90 Å². The molecule has 0 aromatic carbocycles. The Hall–Kier alpha value is -1.78. The molecule has 1 aliphatic rings. The minimum atomic E-state index is -0.858. The summed E-state index contributed by atoms with van der Waals surface area (Å²) in [6.45, 7) is 2.41. The molecule has 1 atom stereocenters. The van der Waals surface area contributed by atoms with Gasteiger partial charge < -0.3 is 14.4 Å². The molecule has 5 nitrogen and oxygen atoms in total. The number of carboxylic acid groups (broad SMARTS) is 1. The van der Waals surface area contributed by atoms with Gasteiger partial charge in [-0.25, -0.2) is 0 Å². The molecule has 1 aromatic rings. The van der Waals surface area contributed by atoms with Crippen LogP contribution in [0.4, 0.5) is 0 Å². The van der Waals surface area contributed by atoms with Crippen LogP contribution in [-0.2, 0) is 4.79 Å². The number of furan rings is 1. The molecule has 1 saturated heterocycles. The lowest BCUT2D eigenvalue weighted by atomic mass is 9.98. The Bertz CT molecular complexity index is 452. The summed E-state index contributed by atoms with van der Waals surface area (Å²) in [4.78, 5) is 24.8. The highest BCUT2D eigenvalue weighted by Gasteiger charge is 2.29. The molecule has 0 aliphatic carbocycles. The lowest BCUT2D eigenvalue weighted by molar-refractivity contribution is -0.138. The predicted octanol–water partition coefficient (Wildman–Crippen LogP) is 2.06. The van der Waals surface area contributed by atoms with Crippen LogP contribution in [0.15, 0.2) is 16.7 Å². The molecule has 0 spiro atoms. The summed E-state index contributed by atoms with van der Waals surface area (Å²) >= 11 is 0. The summed E-state index contributed by atoms with van der Waals surface area (Å²) in [7, 11) is 0. The second-order valence-corrected chi connectivity index (χ2v) is 4.69. The van der Waals surface area contributed by atoms with Crippen LogP contribution in [0.5, 0.6) is 0 Å². The summed E-state index contributed by atoms with van der Waals surface area (Å²) in [5.41, 5.74) is 0.504. The molecule has 0 radical (unpaired) electrons. The molecule has 1 amide bonds. The zero-order valence-electron chi connectivity index (χ0n) is 10.4. The lowest BCUT2D eigenvalue weighted by Gasteiger charge is -2.34. The predicted molar refractivity (Wildman–Crippen MR) is 64.4 cm³/mol. The van der Waals surface area contributed by atoms with E-state index in [4.69, 9.17) is 9.52 Å². The van der Waals surface area contributed by atoms with Crippen LogP contribution >= 0.6 is 0 Å². The lowest BCUT2D eigenvalue weighted by Crippen LogP contribution is -2.44. The number of carbonyl (C=O) groups excluding carboxylic acids is 1. The minimum absolute atomic E-state index is 0.0164. The van der Waals surface area contributed by atoms with Crippen molar-refractivity contribution in [2.45, 2.75) is 38.6 Å². The van der Waals surface area contributed by atoms with E-state index < -0.39 is 5.97 Å². The first-order valence-electron chi connectivity index (χ1n) is 6.16. The number of piperidine rings is 1. The fraction of sp³-hybridized carbons (Fsp3) is 0.538. The van der Waals surface area contributed by atoms with Crippen LogP contribution in [0.1, 0.15) is 41.8 Å². The topological polar surface area (TPSA) is 70.8 Å². The number of aliphatic carboxylic acids is 1. The third-order valence-electron chi connectivity index (χ3n) is 3.28. The van der Waals surface area contributed by atoms with Crippen LogP contribution < -0.4 is 0 Å². The Morgan fingerprint density at radius 3 is 2.89 bits per heavy atom. The maximum absolute atomic E-state index is 12.3. The Kier molecular flexibility index (Phi) is 3.69. The van der Waals surface area contributed by atoms with Gasteiger partial charge in [-0.05, 0) is 32.3 Å². The first-order valence-corrected chi connectivity index (χ1v) is 6.16. The van der Waals surface area contributed by atoms with E-state index in [2.05, 4.69) is 0 Å². The van der Waals surface area contributed by atoms with Crippen molar-refractivity contribution in [3.8, 4) is 0 Å². The van der Waals surface area contributed by atoms with Crippen LogP contribution in [0.25, 0.3) is 0 Å². The van der Waals surface area contributed by atoms with E-state index in [9.17, 15) is 9.59 Å². The standard InChI is InChI=1S/C13H17NO4/c1-9-6-10(8-18-9)13(17)14-5-3-2-4-11(14)7-12(15)16/h6,8,11H,2-5,7H2,1H3,(H,15,16). The van der Waals surface area contributed by atoms with Crippen molar-refractivity contribution in [2.75, 3.05) is 6.54 Å². The van der Waals surface area contributed by atoms with Crippen LogP contribution in [0.2, 0.25) is 0 Å². The summed E-state index contributed by atoms with van der Waals surface area (Å²) in [5.74, 6) is -0.300. The van der Waals surface area contributed by atoms with Crippen molar-refractivity contribution >= 4 is 11.9 Å². The summed E-state index contributed by atoms with van der Waals surface area (Å²) in [6, 6.07) is 1.49. The van der Waals surface area contributed by atoms with Gasteiger partial charge in [-0.15, -0.1) is 0 Å². The highest BCUT2D eigenvalue weighted by molar-refractivity contribution is 5.94. The second-order valence-electron chi connectivity index (χ2n) is 4.69. The molecular weight excluding hydrogens is 234 g/mol. The average Bonchev–Trinajstić information content (AvgIpc) is 2.75. The molecule has 1 N–H and O–H groups in total. The molecule has 0 bridgehead atoms. The number of rotatable bonds is 3. The Labute approximate surface area is 105 Å². The fourth-order valence-electron chi connectivity index (χ4n) is 2.40. The fourth-order valence-corrected chi connectivity index (χ4v) is 2.40. The molecule has 1 aromatic heterocycles. The van der Waals surface area contributed by atoms with Gasteiger partial charge in [-0.3, -0.25) is 9.59 Å². The molecule has 2 heterocycles. The SMILES string of the molecule is Cc1cc(C(=O)N2CCCCC2CC(=O)O)co1. The molecule has 5 heteroatoms. The van der Waals surface area contributed by atoms with E-state index in [1.165, 1.54) is 6.26 Å². The molecule has 0 saturated carbocycles. The second kappa shape index (κ2) is 5.25. The minimum Gasteiger partial charge on any atom is -0.481 e. The normalized spacial score (nSPS) is 19.8. The maximum atomic E-state index is 12.3. The number of aryl methyl sites for hydroxylation is 1. The van der Waals surface area contributed by atoms with E-state index in [0.717, 1.165) is 19.3 Å². The molecule has 1 aliphatic heterocycles. The molecule has 2 rings (SSSR count). The van der Waals surface area contributed by atoms with E-state index in [1.807, 2.05) is 0 Å².